The molecule has 0 saturated carbocycles. The van der Waals surface area contributed by atoms with Crippen molar-refractivity contribution in [2.45, 2.75) is 6.92 Å². The van der Waals surface area contributed by atoms with Crippen LogP contribution in [0.4, 0.5) is 0 Å². The lowest BCUT2D eigenvalue weighted by atomic mass is 10.2. The van der Waals surface area contributed by atoms with Gasteiger partial charge in [0.1, 0.15) is 5.82 Å². The van der Waals surface area contributed by atoms with Crippen molar-refractivity contribution in [3.05, 3.63) is 35.7 Å². The zero-order valence-electron chi connectivity index (χ0n) is 10.1. The van der Waals surface area contributed by atoms with Gasteiger partial charge >= 0.3 is 0 Å². The van der Waals surface area contributed by atoms with Gasteiger partial charge in [0.15, 0.2) is 0 Å². The summed E-state index contributed by atoms with van der Waals surface area (Å²) in [6.45, 7) is 2.00. The molecule has 0 atom stereocenters. The third-order valence-corrected chi connectivity index (χ3v) is 3.10. The maximum atomic E-state index is 8.87. The van der Waals surface area contributed by atoms with Crippen molar-refractivity contribution in [2.24, 2.45) is 7.05 Å². The van der Waals surface area contributed by atoms with Crippen molar-refractivity contribution in [3.8, 4) is 17.5 Å². The first-order valence-electron chi connectivity index (χ1n) is 5.58. The predicted molar refractivity (Wildman–Crippen MR) is 67.7 cm³/mol. The average Bonchev–Trinajstić information content (AvgIpc) is 2.93. The number of fused-ring (bicyclic) bond motifs is 1. The summed E-state index contributed by atoms with van der Waals surface area (Å²) >= 11 is 0. The van der Waals surface area contributed by atoms with Crippen molar-refractivity contribution >= 4 is 11.0 Å². The molecule has 0 radical (unpaired) electrons. The van der Waals surface area contributed by atoms with Gasteiger partial charge in [-0.15, -0.1) is 0 Å². The molecule has 2 aromatic heterocycles. The fraction of sp³-hybridized carbons (Fsp3) is 0.154. The molecule has 3 aromatic rings. The fourth-order valence-electron chi connectivity index (χ4n) is 1.94. The zero-order valence-corrected chi connectivity index (χ0v) is 10.1. The lowest BCUT2D eigenvalue weighted by Gasteiger charge is -1.95. The lowest BCUT2D eigenvalue weighted by Crippen LogP contribution is -1.92. The summed E-state index contributed by atoms with van der Waals surface area (Å²) in [6.07, 6.45) is 1.79. The minimum atomic E-state index is 0.626. The Morgan fingerprint density at radius 1 is 1.39 bits per heavy atom. The summed E-state index contributed by atoms with van der Waals surface area (Å²) in [5.41, 5.74) is 4.38. The number of hydrogen-bond donors (Lipinski definition) is 1. The van der Waals surface area contributed by atoms with Crippen LogP contribution in [0.5, 0.6) is 0 Å². The summed E-state index contributed by atoms with van der Waals surface area (Å²) in [5, 5.41) is 13.1. The van der Waals surface area contributed by atoms with E-state index in [-0.39, 0.29) is 0 Å². The minimum Gasteiger partial charge on any atom is -0.338 e. The molecule has 0 amide bonds. The normalized spacial score (nSPS) is 10.7. The van der Waals surface area contributed by atoms with Crippen LogP contribution in [-0.2, 0) is 7.05 Å². The van der Waals surface area contributed by atoms with Gasteiger partial charge in [-0.3, -0.25) is 4.68 Å². The highest BCUT2D eigenvalue weighted by molar-refractivity contribution is 5.80. The zero-order chi connectivity index (χ0) is 12.7. The Kier molecular flexibility index (Phi) is 2.17. The Morgan fingerprint density at radius 2 is 2.22 bits per heavy atom. The number of nitrogens with one attached hydrogen (secondary N) is 1. The van der Waals surface area contributed by atoms with Crippen LogP contribution in [0, 0.1) is 18.3 Å². The first-order valence-corrected chi connectivity index (χ1v) is 5.58. The van der Waals surface area contributed by atoms with Crippen molar-refractivity contribution in [1.82, 2.24) is 19.7 Å². The SMILES string of the molecule is Cc1c(-c2nc3ccc(C#N)cc3[nH]2)cnn1C. The first kappa shape index (κ1) is 10.5. The van der Waals surface area contributed by atoms with Gasteiger partial charge < -0.3 is 4.98 Å². The summed E-state index contributed by atoms with van der Waals surface area (Å²) in [5.74, 6) is 0.783. The molecule has 5 heteroatoms. The van der Waals surface area contributed by atoms with Gasteiger partial charge in [-0.2, -0.15) is 10.4 Å². The number of aromatic amines is 1. The van der Waals surface area contributed by atoms with E-state index in [0.29, 0.717) is 5.56 Å². The van der Waals surface area contributed by atoms with Gasteiger partial charge in [0, 0.05) is 12.7 Å². The van der Waals surface area contributed by atoms with E-state index in [1.54, 1.807) is 18.3 Å². The van der Waals surface area contributed by atoms with Crippen LogP contribution in [0.1, 0.15) is 11.3 Å². The molecular weight excluding hydrogens is 226 g/mol. The second kappa shape index (κ2) is 3.70. The molecule has 5 nitrogen and oxygen atoms in total. The highest BCUT2D eigenvalue weighted by Gasteiger charge is 2.11. The summed E-state index contributed by atoms with van der Waals surface area (Å²) in [6, 6.07) is 7.54. The molecule has 2 heterocycles. The van der Waals surface area contributed by atoms with Crippen LogP contribution in [0.25, 0.3) is 22.4 Å². The summed E-state index contributed by atoms with van der Waals surface area (Å²) < 4.78 is 1.81. The molecule has 0 saturated heterocycles. The third-order valence-electron chi connectivity index (χ3n) is 3.10. The van der Waals surface area contributed by atoms with Crippen LogP contribution < -0.4 is 0 Å². The Hall–Kier alpha value is -2.61. The van der Waals surface area contributed by atoms with E-state index in [1.807, 2.05) is 24.7 Å². The smallest absolute Gasteiger partial charge is 0.141 e. The van der Waals surface area contributed by atoms with Crippen LogP contribution in [0.3, 0.4) is 0 Å². The van der Waals surface area contributed by atoms with E-state index in [9.17, 15) is 0 Å². The third kappa shape index (κ3) is 1.47. The molecule has 1 N–H and O–H groups in total. The quantitative estimate of drug-likeness (QED) is 0.704. The highest BCUT2D eigenvalue weighted by atomic mass is 15.3. The van der Waals surface area contributed by atoms with Crippen LogP contribution in [0.2, 0.25) is 0 Å². The van der Waals surface area contributed by atoms with Gasteiger partial charge in [0.05, 0.1) is 34.4 Å². The molecule has 0 spiro atoms. The van der Waals surface area contributed by atoms with E-state index < -0.39 is 0 Å². The molecule has 1 aromatic carbocycles. The number of hydrogen-bond acceptors (Lipinski definition) is 3. The standard InChI is InChI=1S/C13H11N5/c1-8-10(7-15-18(8)2)13-16-11-4-3-9(6-14)5-12(11)17-13/h3-5,7H,1-2H3,(H,16,17). The summed E-state index contributed by atoms with van der Waals surface area (Å²) in [4.78, 5) is 7.74. The van der Waals surface area contributed by atoms with Crippen LogP contribution in [-0.4, -0.2) is 19.7 Å². The predicted octanol–water partition coefficient (Wildman–Crippen LogP) is 2.14. The summed E-state index contributed by atoms with van der Waals surface area (Å²) in [7, 11) is 1.90. The number of nitriles is 1. The molecule has 0 aliphatic carbocycles. The monoisotopic (exact) mass is 237 g/mol. The molecular formula is C13H11N5. The molecule has 3 rings (SSSR count). The number of nitrogens with zero attached hydrogens (tertiary/aromatic N) is 4. The number of aromatic nitrogens is 4. The molecule has 88 valence electrons. The van der Waals surface area contributed by atoms with E-state index >= 15 is 0 Å². The maximum absolute atomic E-state index is 8.87. The van der Waals surface area contributed by atoms with Crippen molar-refractivity contribution in [3.63, 3.8) is 0 Å². The number of aryl methyl sites for hydroxylation is 1. The Labute approximate surface area is 104 Å². The van der Waals surface area contributed by atoms with Gasteiger partial charge in [-0.1, -0.05) is 0 Å². The van der Waals surface area contributed by atoms with Crippen LogP contribution in [0.15, 0.2) is 24.4 Å². The molecule has 0 bridgehead atoms. The largest absolute Gasteiger partial charge is 0.338 e. The molecule has 18 heavy (non-hydrogen) atoms. The van der Waals surface area contributed by atoms with Gasteiger partial charge in [-0.25, -0.2) is 4.98 Å². The molecule has 0 aliphatic rings. The van der Waals surface area contributed by atoms with E-state index in [2.05, 4.69) is 21.1 Å². The molecule has 0 aliphatic heterocycles. The Morgan fingerprint density at radius 3 is 2.89 bits per heavy atom. The molecule has 0 unspecified atom stereocenters. The van der Waals surface area contributed by atoms with E-state index in [4.69, 9.17) is 5.26 Å². The topological polar surface area (TPSA) is 70.3 Å². The Bertz CT molecular complexity index is 772. The van der Waals surface area contributed by atoms with E-state index in [1.165, 1.54) is 0 Å². The first-order chi connectivity index (χ1) is 8.69. The molecule has 0 fully saturated rings. The second-order valence-electron chi connectivity index (χ2n) is 4.20. The minimum absolute atomic E-state index is 0.626. The van der Waals surface area contributed by atoms with Crippen molar-refractivity contribution in [2.75, 3.05) is 0 Å². The van der Waals surface area contributed by atoms with Crippen molar-refractivity contribution < 1.29 is 0 Å². The second-order valence-corrected chi connectivity index (χ2v) is 4.20. The van der Waals surface area contributed by atoms with Gasteiger partial charge in [0.2, 0.25) is 0 Å². The van der Waals surface area contributed by atoms with Crippen molar-refractivity contribution in [1.29, 1.82) is 5.26 Å². The average molecular weight is 237 g/mol. The fourth-order valence-corrected chi connectivity index (χ4v) is 1.94. The Balaban J connectivity index is 2.20. The highest BCUT2D eigenvalue weighted by Crippen LogP contribution is 2.23. The number of imidazole rings is 1. The number of rotatable bonds is 1. The lowest BCUT2D eigenvalue weighted by molar-refractivity contribution is 0.740. The van der Waals surface area contributed by atoms with E-state index in [0.717, 1.165) is 28.1 Å². The van der Waals surface area contributed by atoms with Gasteiger partial charge in [-0.05, 0) is 25.1 Å². The van der Waals surface area contributed by atoms with Crippen LogP contribution >= 0.6 is 0 Å². The maximum Gasteiger partial charge on any atom is 0.141 e. The van der Waals surface area contributed by atoms with Gasteiger partial charge in [0.25, 0.3) is 0 Å². The number of benzene rings is 1. The number of H-pyrrole nitrogens is 1.